The van der Waals surface area contributed by atoms with Crippen LogP contribution in [0.4, 0.5) is 8.78 Å². The average Bonchev–Trinajstić information content (AvgIpc) is 2.17. The normalized spacial score (nSPS) is 10.3. The predicted octanol–water partition coefficient (Wildman–Crippen LogP) is 3.55. The molecule has 0 aliphatic heterocycles. The molecule has 0 bridgehead atoms. The van der Waals surface area contributed by atoms with Crippen LogP contribution in [0.2, 0.25) is 0 Å². The zero-order chi connectivity index (χ0) is 10.7. The molecule has 6 heteroatoms. The van der Waals surface area contributed by atoms with E-state index in [1.165, 1.54) is 0 Å². The first-order chi connectivity index (χ1) is 6.60. The van der Waals surface area contributed by atoms with Crippen LogP contribution in [0.3, 0.4) is 0 Å². The van der Waals surface area contributed by atoms with Gasteiger partial charge in [-0.2, -0.15) is 5.26 Å². The Hall–Kier alpha value is -0.540. The topological polar surface area (TPSA) is 36.7 Å². The van der Waals surface area contributed by atoms with E-state index in [0.29, 0.717) is 15.5 Å². The monoisotopic (exact) mass is 324 g/mol. The van der Waals surface area contributed by atoms with E-state index in [9.17, 15) is 8.78 Å². The summed E-state index contributed by atoms with van der Waals surface area (Å²) in [4.78, 5) is 3.70. The molecule has 0 saturated carbocycles. The lowest BCUT2D eigenvalue weighted by Crippen LogP contribution is -1.98. The van der Waals surface area contributed by atoms with Crippen molar-refractivity contribution in [1.29, 1.82) is 5.26 Å². The fourth-order valence-electron chi connectivity index (χ4n) is 0.886. The van der Waals surface area contributed by atoms with Gasteiger partial charge in [0.25, 0.3) is 6.43 Å². The fourth-order valence-corrected chi connectivity index (χ4v) is 2.10. The third-order valence-corrected chi connectivity index (χ3v) is 2.93. The third kappa shape index (κ3) is 2.28. The van der Waals surface area contributed by atoms with E-state index < -0.39 is 6.43 Å². The highest BCUT2D eigenvalue weighted by Crippen LogP contribution is 2.26. The van der Waals surface area contributed by atoms with Crippen LogP contribution in [0, 0.1) is 11.3 Å². The van der Waals surface area contributed by atoms with Gasteiger partial charge in [-0.25, -0.2) is 13.8 Å². The van der Waals surface area contributed by atoms with Gasteiger partial charge in [0, 0.05) is 5.33 Å². The second kappa shape index (κ2) is 4.80. The first kappa shape index (κ1) is 11.5. The van der Waals surface area contributed by atoms with Gasteiger partial charge >= 0.3 is 0 Å². The van der Waals surface area contributed by atoms with Gasteiger partial charge < -0.3 is 0 Å². The van der Waals surface area contributed by atoms with Crippen LogP contribution in [0.5, 0.6) is 0 Å². The molecule has 0 atom stereocenters. The number of nitriles is 1. The summed E-state index contributed by atoms with van der Waals surface area (Å²) in [5.74, 6) is 0. The number of halogens is 4. The van der Waals surface area contributed by atoms with Gasteiger partial charge in [-0.3, -0.25) is 0 Å². The van der Waals surface area contributed by atoms with Crippen LogP contribution >= 0.6 is 31.9 Å². The van der Waals surface area contributed by atoms with E-state index >= 15 is 0 Å². The van der Waals surface area contributed by atoms with Gasteiger partial charge in [0.1, 0.15) is 11.8 Å². The van der Waals surface area contributed by atoms with Gasteiger partial charge in [0.15, 0.2) is 0 Å². The summed E-state index contributed by atoms with van der Waals surface area (Å²) in [6.45, 7) is 0. The molecule has 0 amide bonds. The summed E-state index contributed by atoms with van der Waals surface area (Å²) in [6, 6.07) is 2.91. The van der Waals surface area contributed by atoms with Gasteiger partial charge in [-0.1, -0.05) is 15.9 Å². The van der Waals surface area contributed by atoms with Crippen LogP contribution in [0.25, 0.3) is 0 Å². The van der Waals surface area contributed by atoms with Crippen molar-refractivity contribution in [2.75, 3.05) is 0 Å². The van der Waals surface area contributed by atoms with Crippen molar-refractivity contribution in [3.63, 3.8) is 0 Å². The Balaban J connectivity index is 3.34. The lowest BCUT2D eigenvalue weighted by atomic mass is 10.2. The van der Waals surface area contributed by atoms with Crippen molar-refractivity contribution >= 4 is 31.9 Å². The van der Waals surface area contributed by atoms with Crippen LogP contribution in [-0.4, -0.2) is 4.98 Å². The maximum absolute atomic E-state index is 12.3. The third-order valence-electron chi connectivity index (χ3n) is 1.52. The van der Waals surface area contributed by atoms with Gasteiger partial charge in [0.05, 0.1) is 15.7 Å². The van der Waals surface area contributed by atoms with Crippen molar-refractivity contribution in [2.45, 2.75) is 11.8 Å². The van der Waals surface area contributed by atoms with Gasteiger partial charge in [-0.05, 0) is 22.0 Å². The van der Waals surface area contributed by atoms with E-state index in [0.717, 1.165) is 6.07 Å². The number of hydrogen-bond donors (Lipinski definition) is 0. The molecule has 1 aromatic rings. The van der Waals surface area contributed by atoms with E-state index in [4.69, 9.17) is 5.26 Å². The Morgan fingerprint density at radius 1 is 1.57 bits per heavy atom. The highest BCUT2D eigenvalue weighted by atomic mass is 79.9. The van der Waals surface area contributed by atoms with E-state index in [2.05, 4.69) is 36.8 Å². The Labute approximate surface area is 96.2 Å². The van der Waals surface area contributed by atoms with Crippen molar-refractivity contribution in [1.82, 2.24) is 4.98 Å². The number of rotatable bonds is 2. The minimum absolute atomic E-state index is 0.171. The quantitative estimate of drug-likeness (QED) is 0.780. The summed E-state index contributed by atoms with van der Waals surface area (Å²) in [5.41, 5.74) is 0.198. The number of pyridine rings is 1. The Morgan fingerprint density at radius 2 is 2.21 bits per heavy atom. The standard InChI is InChI=1S/C8H4Br2F2N2/c9-2-6-7(10)4(3-13)1-5(14-6)8(11)12/h1,8H,2H2. The zero-order valence-electron chi connectivity index (χ0n) is 6.77. The largest absolute Gasteiger partial charge is 0.280 e. The molecular weight excluding hydrogens is 322 g/mol. The molecule has 0 fully saturated rings. The average molecular weight is 326 g/mol. The fraction of sp³-hybridized carbons (Fsp3) is 0.250. The van der Waals surface area contributed by atoms with Crippen LogP contribution < -0.4 is 0 Å². The predicted molar refractivity (Wildman–Crippen MR) is 54.2 cm³/mol. The lowest BCUT2D eigenvalue weighted by Gasteiger charge is -2.05. The molecule has 0 radical (unpaired) electrons. The smallest absolute Gasteiger partial charge is 0.250 e. The SMILES string of the molecule is N#Cc1cc(C(F)F)nc(CBr)c1Br. The summed E-state index contributed by atoms with van der Waals surface area (Å²) in [6.07, 6.45) is -2.66. The molecule has 14 heavy (non-hydrogen) atoms. The molecule has 0 saturated heterocycles. The Bertz CT molecular complexity index is 388. The molecule has 2 nitrogen and oxygen atoms in total. The first-order valence-electron chi connectivity index (χ1n) is 3.53. The molecule has 0 spiro atoms. The molecule has 0 unspecified atom stereocenters. The molecule has 1 heterocycles. The van der Waals surface area contributed by atoms with Crippen LogP contribution in [0.1, 0.15) is 23.4 Å². The van der Waals surface area contributed by atoms with Crippen molar-refractivity contribution in [3.8, 4) is 6.07 Å². The summed E-state index contributed by atoms with van der Waals surface area (Å²) < 4.78 is 25.1. The van der Waals surface area contributed by atoms with Crippen molar-refractivity contribution in [3.05, 3.63) is 27.5 Å². The molecule has 1 rings (SSSR count). The van der Waals surface area contributed by atoms with Crippen LogP contribution in [-0.2, 0) is 5.33 Å². The molecule has 1 aromatic heterocycles. The molecule has 0 N–H and O–H groups in total. The highest BCUT2D eigenvalue weighted by Gasteiger charge is 2.15. The van der Waals surface area contributed by atoms with Crippen molar-refractivity contribution in [2.24, 2.45) is 0 Å². The van der Waals surface area contributed by atoms with Gasteiger partial charge in [-0.15, -0.1) is 0 Å². The second-order valence-corrected chi connectivity index (χ2v) is 3.76. The summed E-state index contributed by atoms with van der Waals surface area (Å²) in [5, 5.41) is 9.00. The Kier molecular flexibility index (Phi) is 3.96. The van der Waals surface area contributed by atoms with Crippen molar-refractivity contribution < 1.29 is 8.78 Å². The van der Waals surface area contributed by atoms with E-state index in [-0.39, 0.29) is 11.3 Å². The zero-order valence-corrected chi connectivity index (χ0v) is 9.94. The molecular formula is C8H4Br2F2N2. The van der Waals surface area contributed by atoms with E-state index in [1.54, 1.807) is 0 Å². The maximum atomic E-state index is 12.3. The molecule has 0 aliphatic rings. The first-order valence-corrected chi connectivity index (χ1v) is 5.45. The summed E-state index contributed by atoms with van der Waals surface area (Å²) >= 11 is 6.23. The minimum atomic E-state index is -2.66. The molecule has 0 aromatic carbocycles. The van der Waals surface area contributed by atoms with Gasteiger partial charge in [0.2, 0.25) is 0 Å². The minimum Gasteiger partial charge on any atom is -0.250 e. The number of nitrogens with zero attached hydrogens (tertiary/aromatic N) is 2. The number of alkyl halides is 3. The lowest BCUT2D eigenvalue weighted by molar-refractivity contribution is 0.146. The highest BCUT2D eigenvalue weighted by molar-refractivity contribution is 9.10. The second-order valence-electron chi connectivity index (χ2n) is 2.40. The summed E-state index contributed by atoms with van der Waals surface area (Å²) in [7, 11) is 0. The molecule has 0 aliphatic carbocycles. The van der Waals surface area contributed by atoms with E-state index in [1.807, 2.05) is 6.07 Å². The maximum Gasteiger partial charge on any atom is 0.280 e. The van der Waals surface area contributed by atoms with Crippen LogP contribution in [0.15, 0.2) is 10.5 Å². The Morgan fingerprint density at radius 3 is 2.64 bits per heavy atom. The molecule has 74 valence electrons. The number of hydrogen-bond acceptors (Lipinski definition) is 2. The number of aromatic nitrogens is 1.